The van der Waals surface area contributed by atoms with Gasteiger partial charge in [-0.15, -0.1) is 0 Å². The average Bonchev–Trinajstić information content (AvgIpc) is 3.00. The van der Waals surface area contributed by atoms with E-state index in [0.29, 0.717) is 18.3 Å². The zero-order valence-corrected chi connectivity index (χ0v) is 10.9. The van der Waals surface area contributed by atoms with E-state index in [1.165, 1.54) is 12.4 Å². The van der Waals surface area contributed by atoms with Crippen LogP contribution in [0.5, 0.6) is 0 Å². The van der Waals surface area contributed by atoms with Crippen LogP contribution in [0, 0.1) is 23.3 Å². The monoisotopic (exact) mass is 301 g/mol. The molecule has 2 rings (SSSR count). The van der Waals surface area contributed by atoms with E-state index in [1.807, 2.05) is 0 Å². The zero-order chi connectivity index (χ0) is 15.6. The number of aromatic amines is 1. The number of amides is 1. The Kier molecular flexibility index (Phi) is 4.25. The zero-order valence-electron chi connectivity index (χ0n) is 10.9. The summed E-state index contributed by atoms with van der Waals surface area (Å²) in [6.45, 7) is 1.73. The third-order valence-electron chi connectivity index (χ3n) is 2.91. The summed E-state index contributed by atoms with van der Waals surface area (Å²) in [5, 5.41) is 2.37. The maximum atomic E-state index is 13.5. The van der Waals surface area contributed by atoms with Gasteiger partial charge in [0.15, 0.2) is 23.3 Å². The normalized spacial score (nSPS) is 12.2. The van der Waals surface area contributed by atoms with E-state index in [0.717, 1.165) is 0 Å². The van der Waals surface area contributed by atoms with Crippen molar-refractivity contribution in [1.29, 1.82) is 0 Å². The first kappa shape index (κ1) is 15.0. The molecule has 2 aromatic rings. The number of hydrogen-bond acceptors (Lipinski definition) is 2. The smallest absolute Gasteiger partial charge is 0.255 e. The molecule has 1 unspecified atom stereocenters. The lowest BCUT2D eigenvalue weighted by molar-refractivity contribution is 0.0927. The van der Waals surface area contributed by atoms with Crippen molar-refractivity contribution in [3.63, 3.8) is 0 Å². The quantitative estimate of drug-likeness (QED) is 0.518. The molecular weight excluding hydrogens is 290 g/mol. The van der Waals surface area contributed by atoms with Crippen molar-refractivity contribution < 1.29 is 22.4 Å². The van der Waals surface area contributed by atoms with Crippen LogP contribution in [0.15, 0.2) is 18.5 Å². The number of hydrogen-bond donors (Lipinski definition) is 2. The molecule has 0 aliphatic carbocycles. The van der Waals surface area contributed by atoms with Crippen molar-refractivity contribution in [2.24, 2.45) is 0 Å². The highest BCUT2D eigenvalue weighted by Gasteiger charge is 2.25. The molecule has 0 saturated carbocycles. The molecule has 1 aromatic heterocycles. The minimum Gasteiger partial charge on any atom is -0.347 e. The molecule has 8 heteroatoms. The number of carbonyl (C=O) groups excluding carboxylic acids is 1. The predicted molar refractivity (Wildman–Crippen MR) is 65.4 cm³/mol. The van der Waals surface area contributed by atoms with Crippen LogP contribution in [-0.2, 0) is 0 Å². The van der Waals surface area contributed by atoms with Gasteiger partial charge >= 0.3 is 0 Å². The fourth-order valence-electron chi connectivity index (χ4n) is 1.81. The first-order valence-corrected chi connectivity index (χ1v) is 6.08. The fourth-order valence-corrected chi connectivity index (χ4v) is 1.81. The molecule has 2 N–H and O–H groups in total. The molecule has 0 aliphatic rings. The SMILES string of the molecule is CCC(NC(=O)c1cc(F)c(F)c(F)c1F)c1ncc[nH]1. The van der Waals surface area contributed by atoms with Gasteiger partial charge in [-0.05, 0) is 12.5 Å². The number of halogens is 4. The summed E-state index contributed by atoms with van der Waals surface area (Å²) in [7, 11) is 0. The Morgan fingerprint density at radius 1 is 1.29 bits per heavy atom. The Morgan fingerprint density at radius 2 is 2.00 bits per heavy atom. The lowest BCUT2D eigenvalue weighted by Crippen LogP contribution is -2.30. The van der Waals surface area contributed by atoms with Gasteiger partial charge in [-0.25, -0.2) is 22.5 Å². The molecule has 21 heavy (non-hydrogen) atoms. The lowest BCUT2D eigenvalue weighted by atomic mass is 10.1. The topological polar surface area (TPSA) is 57.8 Å². The van der Waals surface area contributed by atoms with Gasteiger partial charge in [-0.3, -0.25) is 4.79 Å². The molecule has 0 bridgehead atoms. The van der Waals surface area contributed by atoms with Crippen LogP contribution >= 0.6 is 0 Å². The molecule has 1 atom stereocenters. The summed E-state index contributed by atoms with van der Waals surface area (Å²) in [4.78, 5) is 18.6. The molecule has 1 heterocycles. The largest absolute Gasteiger partial charge is 0.347 e. The Hall–Kier alpha value is -2.38. The van der Waals surface area contributed by atoms with Gasteiger partial charge in [0.2, 0.25) is 0 Å². The molecule has 1 amide bonds. The number of rotatable bonds is 4. The van der Waals surface area contributed by atoms with E-state index in [4.69, 9.17) is 0 Å². The van der Waals surface area contributed by atoms with Crippen LogP contribution in [0.1, 0.15) is 35.6 Å². The van der Waals surface area contributed by atoms with Gasteiger partial charge in [0.25, 0.3) is 5.91 Å². The summed E-state index contributed by atoms with van der Waals surface area (Å²) < 4.78 is 52.6. The van der Waals surface area contributed by atoms with E-state index in [2.05, 4.69) is 15.3 Å². The van der Waals surface area contributed by atoms with Gasteiger partial charge in [-0.1, -0.05) is 6.92 Å². The molecule has 0 fully saturated rings. The van der Waals surface area contributed by atoms with E-state index in [9.17, 15) is 22.4 Å². The second-order valence-electron chi connectivity index (χ2n) is 4.26. The molecule has 0 spiro atoms. The van der Waals surface area contributed by atoms with Gasteiger partial charge < -0.3 is 10.3 Å². The summed E-state index contributed by atoms with van der Waals surface area (Å²) in [5.41, 5.74) is -0.906. The number of imidazole rings is 1. The second-order valence-corrected chi connectivity index (χ2v) is 4.26. The first-order valence-electron chi connectivity index (χ1n) is 6.08. The van der Waals surface area contributed by atoms with Crippen molar-refractivity contribution >= 4 is 5.91 Å². The predicted octanol–water partition coefficient (Wildman–Crippen LogP) is 2.85. The highest BCUT2D eigenvalue weighted by Crippen LogP contribution is 2.20. The van der Waals surface area contributed by atoms with Gasteiger partial charge in [-0.2, -0.15) is 0 Å². The molecule has 0 aliphatic heterocycles. The Balaban J connectivity index is 2.29. The van der Waals surface area contributed by atoms with Crippen LogP contribution < -0.4 is 5.32 Å². The third kappa shape index (κ3) is 2.88. The number of nitrogens with zero attached hydrogens (tertiary/aromatic N) is 1. The van der Waals surface area contributed by atoms with Crippen LogP contribution in [0.3, 0.4) is 0 Å². The second kappa shape index (κ2) is 5.94. The summed E-state index contributed by atoms with van der Waals surface area (Å²) in [6.07, 6.45) is 3.40. The van der Waals surface area contributed by atoms with E-state index < -0.39 is 40.8 Å². The van der Waals surface area contributed by atoms with Crippen LogP contribution in [0.2, 0.25) is 0 Å². The standard InChI is InChI=1S/C13H11F4N3O/c1-2-8(12-18-3-4-19-12)20-13(21)6-5-7(14)10(16)11(17)9(6)15/h3-5,8H,2H2,1H3,(H,18,19)(H,20,21). The molecular formula is C13H11F4N3O. The van der Waals surface area contributed by atoms with Crippen molar-refractivity contribution in [1.82, 2.24) is 15.3 Å². The Labute approximate surface area is 117 Å². The molecule has 112 valence electrons. The Bertz CT molecular complexity index is 658. The van der Waals surface area contributed by atoms with Crippen molar-refractivity contribution in [3.05, 3.63) is 53.1 Å². The highest BCUT2D eigenvalue weighted by atomic mass is 19.2. The summed E-state index contributed by atoms with van der Waals surface area (Å²) in [5.74, 6) is -8.00. The number of aromatic nitrogens is 2. The van der Waals surface area contributed by atoms with Gasteiger partial charge in [0.05, 0.1) is 11.6 Å². The number of carbonyl (C=O) groups is 1. The third-order valence-corrected chi connectivity index (χ3v) is 2.91. The molecule has 0 saturated heterocycles. The first-order chi connectivity index (χ1) is 9.95. The minimum atomic E-state index is -2.02. The van der Waals surface area contributed by atoms with Crippen LogP contribution in [0.25, 0.3) is 0 Å². The van der Waals surface area contributed by atoms with Crippen molar-refractivity contribution in [2.45, 2.75) is 19.4 Å². The van der Waals surface area contributed by atoms with E-state index in [1.54, 1.807) is 6.92 Å². The maximum Gasteiger partial charge on any atom is 0.255 e. The Morgan fingerprint density at radius 3 is 2.57 bits per heavy atom. The maximum absolute atomic E-state index is 13.5. The molecule has 0 radical (unpaired) electrons. The average molecular weight is 301 g/mol. The summed E-state index contributed by atoms with van der Waals surface area (Å²) >= 11 is 0. The highest BCUT2D eigenvalue weighted by molar-refractivity contribution is 5.94. The number of nitrogens with one attached hydrogen (secondary N) is 2. The van der Waals surface area contributed by atoms with Gasteiger partial charge in [0.1, 0.15) is 5.82 Å². The van der Waals surface area contributed by atoms with Crippen LogP contribution in [-0.4, -0.2) is 15.9 Å². The van der Waals surface area contributed by atoms with Crippen molar-refractivity contribution in [3.8, 4) is 0 Å². The van der Waals surface area contributed by atoms with E-state index >= 15 is 0 Å². The number of H-pyrrole nitrogens is 1. The lowest BCUT2D eigenvalue weighted by Gasteiger charge is -2.15. The van der Waals surface area contributed by atoms with Crippen LogP contribution in [0.4, 0.5) is 17.6 Å². The minimum absolute atomic E-state index is 0.317. The van der Waals surface area contributed by atoms with E-state index in [-0.39, 0.29) is 0 Å². The molecule has 1 aromatic carbocycles. The number of benzene rings is 1. The fraction of sp³-hybridized carbons (Fsp3) is 0.231. The van der Waals surface area contributed by atoms with Gasteiger partial charge in [0, 0.05) is 12.4 Å². The summed E-state index contributed by atoms with van der Waals surface area (Å²) in [6, 6.07) is -0.277. The molecule has 4 nitrogen and oxygen atoms in total. The van der Waals surface area contributed by atoms with Crippen molar-refractivity contribution in [2.75, 3.05) is 0 Å².